The van der Waals surface area contributed by atoms with Crippen LogP contribution < -0.4 is 5.32 Å². The molecule has 0 aliphatic carbocycles. The molecule has 1 heterocycles. The van der Waals surface area contributed by atoms with E-state index in [4.69, 9.17) is 5.11 Å². The molecule has 1 aromatic rings. The third-order valence-electron chi connectivity index (χ3n) is 3.47. The first-order valence-electron chi connectivity index (χ1n) is 6.55. The maximum Gasteiger partial charge on any atom is 0.305 e. The molecule has 2 N–H and O–H groups in total. The van der Waals surface area contributed by atoms with Crippen molar-refractivity contribution in [3.63, 3.8) is 0 Å². The van der Waals surface area contributed by atoms with Crippen LogP contribution >= 0.6 is 11.3 Å². The smallest absolute Gasteiger partial charge is 0.305 e. The van der Waals surface area contributed by atoms with E-state index in [1.807, 2.05) is 30.7 Å². The molecule has 0 aliphatic rings. The molecule has 0 spiro atoms. The van der Waals surface area contributed by atoms with Crippen LogP contribution in [0.5, 0.6) is 0 Å². The first kappa shape index (κ1) is 15.7. The van der Waals surface area contributed by atoms with Gasteiger partial charge in [-0.2, -0.15) is 11.3 Å². The second-order valence-corrected chi connectivity index (χ2v) is 5.52. The average molecular weight is 283 g/mol. The van der Waals surface area contributed by atoms with E-state index in [1.54, 1.807) is 11.3 Å². The van der Waals surface area contributed by atoms with Gasteiger partial charge in [-0.1, -0.05) is 13.8 Å². The van der Waals surface area contributed by atoms with Crippen LogP contribution in [0, 0.1) is 0 Å². The Morgan fingerprint density at radius 2 is 2.05 bits per heavy atom. The monoisotopic (exact) mass is 283 g/mol. The van der Waals surface area contributed by atoms with Gasteiger partial charge in [0.15, 0.2) is 0 Å². The van der Waals surface area contributed by atoms with Crippen LogP contribution in [-0.4, -0.2) is 22.5 Å². The lowest BCUT2D eigenvalue weighted by Gasteiger charge is -2.31. The predicted octanol–water partition coefficient (Wildman–Crippen LogP) is 2.83. The van der Waals surface area contributed by atoms with Gasteiger partial charge in [0.25, 0.3) is 0 Å². The molecule has 0 unspecified atom stereocenters. The number of carbonyl (C=O) groups is 2. The molecule has 0 saturated carbocycles. The fourth-order valence-electron chi connectivity index (χ4n) is 2.06. The summed E-state index contributed by atoms with van der Waals surface area (Å²) in [5, 5.41) is 15.9. The Morgan fingerprint density at radius 1 is 1.37 bits per heavy atom. The first-order chi connectivity index (χ1) is 9.01. The molecule has 5 heteroatoms. The van der Waals surface area contributed by atoms with Gasteiger partial charge in [0.1, 0.15) is 0 Å². The predicted molar refractivity (Wildman–Crippen MR) is 76.3 cm³/mol. The molecule has 4 nitrogen and oxygen atoms in total. The molecule has 1 aromatic heterocycles. The van der Waals surface area contributed by atoms with Crippen LogP contribution in [0.4, 0.5) is 0 Å². The van der Waals surface area contributed by atoms with E-state index in [2.05, 4.69) is 5.32 Å². The quantitative estimate of drug-likeness (QED) is 0.771. The number of aliphatic carboxylic acids is 1. The number of nitrogens with one attached hydrogen (secondary N) is 1. The largest absolute Gasteiger partial charge is 0.481 e. The van der Waals surface area contributed by atoms with Crippen molar-refractivity contribution >= 4 is 23.2 Å². The van der Waals surface area contributed by atoms with Gasteiger partial charge < -0.3 is 10.4 Å². The molecular formula is C14H21NO3S. The van der Waals surface area contributed by atoms with Crippen molar-refractivity contribution in [2.45, 2.75) is 51.5 Å². The lowest BCUT2D eigenvalue weighted by molar-refractivity contribution is -0.139. The van der Waals surface area contributed by atoms with Crippen molar-refractivity contribution in [2.75, 3.05) is 0 Å². The van der Waals surface area contributed by atoms with Crippen molar-refractivity contribution in [1.82, 2.24) is 5.32 Å². The Hall–Kier alpha value is -1.36. The molecular weight excluding hydrogens is 262 g/mol. The van der Waals surface area contributed by atoms with Crippen LogP contribution in [-0.2, 0) is 16.0 Å². The number of thiophene rings is 1. The van der Waals surface area contributed by atoms with Crippen molar-refractivity contribution in [2.24, 2.45) is 0 Å². The molecule has 0 aromatic carbocycles. The van der Waals surface area contributed by atoms with E-state index in [9.17, 15) is 9.59 Å². The third kappa shape index (κ3) is 5.03. The molecule has 1 amide bonds. The molecule has 1 rings (SSSR count). The summed E-state index contributed by atoms with van der Waals surface area (Å²) in [7, 11) is 0. The molecule has 19 heavy (non-hydrogen) atoms. The zero-order chi connectivity index (χ0) is 14.3. The fourth-order valence-corrected chi connectivity index (χ4v) is 2.76. The van der Waals surface area contributed by atoms with Gasteiger partial charge in [0.05, 0.1) is 6.42 Å². The summed E-state index contributed by atoms with van der Waals surface area (Å²) in [6.45, 7) is 3.82. The summed E-state index contributed by atoms with van der Waals surface area (Å²) in [6.07, 6.45) is 2.33. The van der Waals surface area contributed by atoms with E-state index in [1.165, 1.54) is 0 Å². The number of carboxylic acids is 1. The minimum absolute atomic E-state index is 0.0236. The summed E-state index contributed by atoms with van der Waals surface area (Å²) in [4.78, 5) is 22.9. The number of carbonyl (C=O) groups excluding carboxylic acids is 1. The minimum atomic E-state index is -0.873. The lowest BCUT2D eigenvalue weighted by Crippen LogP contribution is -2.49. The summed E-state index contributed by atoms with van der Waals surface area (Å²) in [6, 6.07) is 2.00. The van der Waals surface area contributed by atoms with Crippen LogP contribution in [0.2, 0.25) is 0 Å². The maximum absolute atomic E-state index is 12.0. The van der Waals surface area contributed by atoms with E-state index in [-0.39, 0.29) is 12.3 Å². The number of hydrogen-bond donors (Lipinski definition) is 2. The zero-order valence-corrected chi connectivity index (χ0v) is 12.3. The average Bonchev–Trinajstić information content (AvgIpc) is 2.88. The Bertz CT molecular complexity index is 410. The van der Waals surface area contributed by atoms with Gasteiger partial charge in [-0.15, -0.1) is 0 Å². The topological polar surface area (TPSA) is 66.4 Å². The first-order valence-corrected chi connectivity index (χ1v) is 7.49. The van der Waals surface area contributed by atoms with Crippen molar-refractivity contribution < 1.29 is 14.7 Å². The molecule has 0 radical (unpaired) electrons. The molecule has 0 saturated heterocycles. The number of hydrogen-bond acceptors (Lipinski definition) is 3. The molecule has 0 aliphatic heterocycles. The van der Waals surface area contributed by atoms with Crippen molar-refractivity contribution in [1.29, 1.82) is 0 Å². The molecule has 0 bridgehead atoms. The van der Waals surface area contributed by atoms with Crippen LogP contribution in [0.15, 0.2) is 16.8 Å². The van der Waals surface area contributed by atoms with Gasteiger partial charge >= 0.3 is 5.97 Å². The highest BCUT2D eigenvalue weighted by molar-refractivity contribution is 7.07. The molecule has 0 atom stereocenters. The SMILES string of the molecule is CCC(CC)(CC(=O)O)NC(=O)CCc1ccsc1. The highest BCUT2D eigenvalue weighted by Crippen LogP contribution is 2.20. The van der Waals surface area contributed by atoms with Gasteiger partial charge in [-0.3, -0.25) is 9.59 Å². The van der Waals surface area contributed by atoms with Crippen LogP contribution in [0.1, 0.15) is 45.1 Å². The molecule has 0 fully saturated rings. The van der Waals surface area contributed by atoms with E-state index in [0.29, 0.717) is 25.7 Å². The highest BCUT2D eigenvalue weighted by atomic mass is 32.1. The second kappa shape index (κ2) is 7.28. The normalized spacial score (nSPS) is 11.3. The Morgan fingerprint density at radius 3 is 2.53 bits per heavy atom. The van der Waals surface area contributed by atoms with E-state index in [0.717, 1.165) is 5.56 Å². The maximum atomic E-state index is 12.0. The molecule has 106 valence electrons. The van der Waals surface area contributed by atoms with Crippen LogP contribution in [0.3, 0.4) is 0 Å². The standard InChI is InChI=1S/C14H21NO3S/c1-3-14(4-2,9-13(17)18)15-12(16)6-5-11-7-8-19-10-11/h7-8,10H,3-6,9H2,1-2H3,(H,15,16)(H,17,18). The van der Waals surface area contributed by atoms with Gasteiger partial charge in [0.2, 0.25) is 5.91 Å². The fraction of sp³-hybridized carbons (Fsp3) is 0.571. The minimum Gasteiger partial charge on any atom is -0.481 e. The van der Waals surface area contributed by atoms with Gasteiger partial charge in [-0.25, -0.2) is 0 Å². The van der Waals surface area contributed by atoms with Gasteiger partial charge in [-0.05, 0) is 41.7 Å². The van der Waals surface area contributed by atoms with Gasteiger partial charge in [0, 0.05) is 12.0 Å². The number of rotatable bonds is 8. The second-order valence-electron chi connectivity index (χ2n) is 4.74. The van der Waals surface area contributed by atoms with E-state index < -0.39 is 11.5 Å². The number of amides is 1. The Kier molecular flexibility index (Phi) is 6.02. The number of aryl methyl sites for hydroxylation is 1. The zero-order valence-electron chi connectivity index (χ0n) is 11.4. The lowest BCUT2D eigenvalue weighted by atomic mass is 9.88. The Labute approximate surface area is 117 Å². The van der Waals surface area contributed by atoms with Crippen molar-refractivity contribution in [3.8, 4) is 0 Å². The summed E-state index contributed by atoms with van der Waals surface area (Å²) in [5.41, 5.74) is 0.536. The third-order valence-corrected chi connectivity index (χ3v) is 4.20. The summed E-state index contributed by atoms with van der Waals surface area (Å²) in [5.74, 6) is -0.946. The van der Waals surface area contributed by atoms with Crippen molar-refractivity contribution in [3.05, 3.63) is 22.4 Å². The van der Waals surface area contributed by atoms with Crippen LogP contribution in [0.25, 0.3) is 0 Å². The summed E-state index contributed by atoms with van der Waals surface area (Å²) >= 11 is 1.61. The number of carboxylic acid groups (broad SMARTS) is 1. The summed E-state index contributed by atoms with van der Waals surface area (Å²) < 4.78 is 0. The van der Waals surface area contributed by atoms with E-state index >= 15 is 0 Å². The highest BCUT2D eigenvalue weighted by Gasteiger charge is 2.30. The Balaban J connectivity index is 2.53.